The number of ether oxygens (including phenoxy) is 4. The van der Waals surface area contributed by atoms with Crippen LogP contribution in [0.2, 0.25) is 0 Å². The predicted molar refractivity (Wildman–Crippen MR) is 106 cm³/mol. The van der Waals surface area contributed by atoms with E-state index in [1.807, 2.05) is 12.3 Å². The lowest BCUT2D eigenvalue weighted by molar-refractivity contribution is 0.0450. The van der Waals surface area contributed by atoms with E-state index in [0.29, 0.717) is 23.7 Å². The summed E-state index contributed by atoms with van der Waals surface area (Å²) in [6, 6.07) is 14.1. The number of hydrogen-bond donors (Lipinski definition) is 0. The number of esters is 1. The van der Waals surface area contributed by atoms with Crippen LogP contribution >= 0.6 is 11.3 Å². The lowest BCUT2D eigenvalue weighted by Crippen LogP contribution is -2.12. The Morgan fingerprint density at radius 2 is 1.79 bits per heavy atom. The number of aromatic nitrogens is 1. The summed E-state index contributed by atoms with van der Waals surface area (Å²) in [4.78, 5) is 16.6. The summed E-state index contributed by atoms with van der Waals surface area (Å²) < 4.78 is 21.6. The highest BCUT2D eigenvalue weighted by atomic mass is 32.1. The zero-order valence-corrected chi connectivity index (χ0v) is 16.5. The zero-order chi connectivity index (χ0) is 19.8. The number of thiazole rings is 1. The van der Waals surface area contributed by atoms with Crippen molar-refractivity contribution in [3.05, 3.63) is 70.2 Å². The molecule has 7 heteroatoms. The molecule has 0 spiro atoms. The van der Waals surface area contributed by atoms with Gasteiger partial charge in [0.15, 0.2) is 0 Å². The average molecular weight is 399 g/mol. The molecule has 0 amide bonds. The molecule has 0 saturated carbocycles. The van der Waals surface area contributed by atoms with Gasteiger partial charge in [0.2, 0.25) is 0 Å². The first-order valence-electron chi connectivity index (χ1n) is 8.72. The van der Waals surface area contributed by atoms with Gasteiger partial charge >= 0.3 is 5.97 Å². The third-order valence-electron chi connectivity index (χ3n) is 3.77. The highest BCUT2D eigenvalue weighted by Gasteiger charge is 2.09. The predicted octanol–water partition coefficient (Wildman–Crippen LogP) is 4.27. The fourth-order valence-corrected chi connectivity index (χ4v) is 2.99. The van der Waals surface area contributed by atoms with Crippen LogP contribution in [0.3, 0.4) is 0 Å². The first-order valence-corrected chi connectivity index (χ1v) is 9.60. The normalized spacial score (nSPS) is 10.4. The molecule has 0 radical (unpaired) electrons. The van der Waals surface area contributed by atoms with Gasteiger partial charge < -0.3 is 18.9 Å². The molecule has 3 rings (SSSR count). The van der Waals surface area contributed by atoms with Crippen molar-refractivity contribution in [3.8, 4) is 17.2 Å². The molecule has 0 unspecified atom stereocenters. The topological polar surface area (TPSA) is 66.9 Å². The van der Waals surface area contributed by atoms with Gasteiger partial charge in [0.05, 0.1) is 23.4 Å². The van der Waals surface area contributed by atoms with Gasteiger partial charge in [-0.3, -0.25) is 0 Å². The molecule has 3 aromatic rings. The molecular weight excluding hydrogens is 378 g/mol. The molecule has 0 aliphatic heterocycles. The number of carbonyl (C=O) groups is 1. The maximum Gasteiger partial charge on any atom is 0.338 e. The maximum absolute atomic E-state index is 12.2. The smallest absolute Gasteiger partial charge is 0.338 e. The van der Waals surface area contributed by atoms with E-state index in [9.17, 15) is 4.79 Å². The van der Waals surface area contributed by atoms with Crippen LogP contribution in [0.1, 0.15) is 21.1 Å². The van der Waals surface area contributed by atoms with E-state index in [4.69, 9.17) is 18.9 Å². The number of benzene rings is 2. The molecule has 1 aromatic heterocycles. The lowest BCUT2D eigenvalue weighted by atomic mass is 10.2. The number of rotatable bonds is 9. The van der Waals surface area contributed by atoms with Crippen LogP contribution < -0.4 is 14.2 Å². The quantitative estimate of drug-likeness (QED) is 0.395. The van der Waals surface area contributed by atoms with Gasteiger partial charge in [-0.05, 0) is 49.4 Å². The molecule has 146 valence electrons. The van der Waals surface area contributed by atoms with Crippen LogP contribution in [0.15, 0.2) is 53.9 Å². The molecule has 0 aliphatic carbocycles. The second kappa shape index (κ2) is 9.75. The first kappa shape index (κ1) is 19.7. The Morgan fingerprint density at radius 3 is 2.50 bits per heavy atom. The molecule has 0 N–H and O–H groups in total. The summed E-state index contributed by atoms with van der Waals surface area (Å²) in [6.07, 6.45) is 0. The third kappa shape index (κ3) is 5.72. The third-order valence-corrected chi connectivity index (χ3v) is 4.59. The van der Waals surface area contributed by atoms with Crippen molar-refractivity contribution in [2.75, 3.05) is 20.3 Å². The SMILES string of the molecule is COc1ccc(OCCOC(=O)c2cccc(OCc3csc(C)n3)c2)cc1. The van der Waals surface area contributed by atoms with Crippen LogP contribution in [0, 0.1) is 6.92 Å². The molecule has 0 bridgehead atoms. The molecule has 0 fully saturated rings. The van der Waals surface area contributed by atoms with Gasteiger partial charge in [-0.1, -0.05) is 6.07 Å². The van der Waals surface area contributed by atoms with E-state index < -0.39 is 5.97 Å². The fraction of sp³-hybridized carbons (Fsp3) is 0.238. The monoisotopic (exact) mass is 399 g/mol. The maximum atomic E-state index is 12.2. The zero-order valence-electron chi connectivity index (χ0n) is 15.7. The molecule has 6 nitrogen and oxygen atoms in total. The van der Waals surface area contributed by atoms with Gasteiger partial charge in [-0.15, -0.1) is 11.3 Å². The molecule has 0 aliphatic rings. The van der Waals surface area contributed by atoms with Crippen molar-refractivity contribution in [2.24, 2.45) is 0 Å². The van der Waals surface area contributed by atoms with E-state index in [-0.39, 0.29) is 13.2 Å². The second-order valence-electron chi connectivity index (χ2n) is 5.83. The molecule has 28 heavy (non-hydrogen) atoms. The Kier molecular flexibility index (Phi) is 6.86. The summed E-state index contributed by atoms with van der Waals surface area (Å²) in [5.74, 6) is 1.61. The second-order valence-corrected chi connectivity index (χ2v) is 6.90. The molecular formula is C21H21NO5S. The Morgan fingerprint density at radius 1 is 1.00 bits per heavy atom. The standard InChI is InChI=1S/C21H21NO5S/c1-15-22-17(14-28-15)13-27-20-5-3-4-16(12-20)21(23)26-11-10-25-19-8-6-18(24-2)7-9-19/h3-9,12,14H,10-11,13H2,1-2H3. The number of aryl methyl sites for hydroxylation is 1. The fourth-order valence-electron chi connectivity index (χ4n) is 2.39. The Bertz CT molecular complexity index is 907. The highest BCUT2D eigenvalue weighted by molar-refractivity contribution is 7.09. The summed E-state index contributed by atoms with van der Waals surface area (Å²) in [5, 5.41) is 2.95. The minimum Gasteiger partial charge on any atom is -0.497 e. The lowest BCUT2D eigenvalue weighted by Gasteiger charge is -2.09. The van der Waals surface area contributed by atoms with Crippen LogP contribution in [0.25, 0.3) is 0 Å². The highest BCUT2D eigenvalue weighted by Crippen LogP contribution is 2.18. The summed E-state index contributed by atoms with van der Waals surface area (Å²) >= 11 is 1.58. The molecule has 1 heterocycles. The van der Waals surface area contributed by atoms with Crippen molar-refractivity contribution < 1.29 is 23.7 Å². The van der Waals surface area contributed by atoms with Crippen molar-refractivity contribution in [1.82, 2.24) is 4.98 Å². The Hall–Kier alpha value is -3.06. The van der Waals surface area contributed by atoms with Crippen molar-refractivity contribution in [2.45, 2.75) is 13.5 Å². The van der Waals surface area contributed by atoms with Gasteiger partial charge in [0.25, 0.3) is 0 Å². The van der Waals surface area contributed by atoms with Crippen LogP contribution in [0.4, 0.5) is 0 Å². The summed E-state index contributed by atoms with van der Waals surface area (Å²) in [6.45, 7) is 2.72. The largest absolute Gasteiger partial charge is 0.497 e. The minimum absolute atomic E-state index is 0.147. The first-order chi connectivity index (χ1) is 13.6. The van der Waals surface area contributed by atoms with Gasteiger partial charge in [-0.25, -0.2) is 9.78 Å². The van der Waals surface area contributed by atoms with Crippen molar-refractivity contribution in [3.63, 3.8) is 0 Å². The van der Waals surface area contributed by atoms with Gasteiger partial charge in [0.1, 0.15) is 37.1 Å². The van der Waals surface area contributed by atoms with E-state index >= 15 is 0 Å². The molecule has 2 aromatic carbocycles. The van der Waals surface area contributed by atoms with Crippen molar-refractivity contribution >= 4 is 17.3 Å². The number of hydrogen-bond acceptors (Lipinski definition) is 7. The molecule has 0 saturated heterocycles. The Labute approximate surface area is 167 Å². The van der Waals surface area contributed by atoms with E-state index in [1.165, 1.54) is 0 Å². The van der Waals surface area contributed by atoms with Crippen LogP contribution in [0.5, 0.6) is 17.2 Å². The number of carbonyl (C=O) groups excluding carboxylic acids is 1. The summed E-state index contributed by atoms with van der Waals surface area (Å²) in [7, 11) is 1.61. The minimum atomic E-state index is -0.423. The number of methoxy groups -OCH3 is 1. The van der Waals surface area contributed by atoms with Crippen LogP contribution in [-0.2, 0) is 11.3 Å². The Balaban J connectivity index is 1.44. The summed E-state index contributed by atoms with van der Waals surface area (Å²) in [5.41, 5.74) is 1.29. The van der Waals surface area contributed by atoms with Gasteiger partial charge in [-0.2, -0.15) is 0 Å². The van der Waals surface area contributed by atoms with E-state index in [0.717, 1.165) is 16.5 Å². The van der Waals surface area contributed by atoms with Crippen molar-refractivity contribution in [1.29, 1.82) is 0 Å². The van der Waals surface area contributed by atoms with E-state index in [1.54, 1.807) is 67.0 Å². The molecule has 0 atom stereocenters. The van der Waals surface area contributed by atoms with Crippen LogP contribution in [-0.4, -0.2) is 31.3 Å². The average Bonchev–Trinajstić information content (AvgIpc) is 3.15. The van der Waals surface area contributed by atoms with E-state index in [2.05, 4.69) is 4.98 Å². The van der Waals surface area contributed by atoms with Gasteiger partial charge in [0, 0.05) is 5.38 Å². The number of nitrogens with zero attached hydrogens (tertiary/aromatic N) is 1.